The van der Waals surface area contributed by atoms with E-state index in [0.29, 0.717) is 11.1 Å². The SMILES string of the molecule is CCC(CC)=C(C(N)=O)c1ccc(C=O)c2ccccc12. The third kappa shape index (κ3) is 2.72. The van der Waals surface area contributed by atoms with E-state index in [1.807, 2.05) is 44.2 Å². The fourth-order valence-corrected chi connectivity index (χ4v) is 2.74. The number of nitrogens with two attached hydrogens (primary N) is 1. The number of amides is 1. The van der Waals surface area contributed by atoms with E-state index in [-0.39, 0.29) is 0 Å². The van der Waals surface area contributed by atoms with Crippen LogP contribution in [0, 0.1) is 0 Å². The highest BCUT2D eigenvalue weighted by molar-refractivity contribution is 6.23. The Bertz CT molecular complexity index is 723. The van der Waals surface area contributed by atoms with Gasteiger partial charge in [0.25, 0.3) is 0 Å². The molecule has 0 saturated carbocycles. The van der Waals surface area contributed by atoms with E-state index in [1.165, 1.54) is 0 Å². The minimum atomic E-state index is -0.419. The van der Waals surface area contributed by atoms with Crippen LogP contribution in [0.15, 0.2) is 42.0 Å². The van der Waals surface area contributed by atoms with Crippen molar-refractivity contribution in [2.24, 2.45) is 5.73 Å². The molecule has 0 atom stereocenters. The van der Waals surface area contributed by atoms with Crippen LogP contribution in [0.25, 0.3) is 16.3 Å². The largest absolute Gasteiger partial charge is 0.366 e. The summed E-state index contributed by atoms with van der Waals surface area (Å²) in [5.41, 5.74) is 8.65. The Hall–Kier alpha value is -2.42. The molecule has 108 valence electrons. The number of carbonyl (C=O) groups is 2. The Kier molecular flexibility index (Phi) is 4.53. The lowest BCUT2D eigenvalue weighted by molar-refractivity contribution is -0.112. The molecular formula is C18H19NO2. The van der Waals surface area contributed by atoms with Gasteiger partial charge in [-0.15, -0.1) is 0 Å². The zero-order valence-electron chi connectivity index (χ0n) is 12.3. The smallest absolute Gasteiger partial charge is 0.249 e. The second-order valence-electron chi connectivity index (χ2n) is 4.92. The van der Waals surface area contributed by atoms with Crippen molar-refractivity contribution in [1.29, 1.82) is 0 Å². The average molecular weight is 281 g/mol. The molecule has 0 spiro atoms. The summed E-state index contributed by atoms with van der Waals surface area (Å²) in [6.07, 6.45) is 2.39. The van der Waals surface area contributed by atoms with Crippen LogP contribution in [0.1, 0.15) is 42.6 Å². The average Bonchev–Trinajstić information content (AvgIpc) is 2.51. The molecule has 2 N–H and O–H groups in total. The number of allylic oxidation sites excluding steroid dienone is 1. The van der Waals surface area contributed by atoms with Crippen molar-refractivity contribution >= 4 is 28.5 Å². The normalized spacial score (nSPS) is 10.4. The molecule has 1 amide bonds. The molecule has 0 fully saturated rings. The standard InChI is InChI=1S/C18H19NO2/c1-3-12(4-2)17(18(19)21)16-10-9-13(11-20)14-7-5-6-8-15(14)16/h5-11H,3-4H2,1-2H3,(H2,19,21). The van der Waals surface area contributed by atoms with Gasteiger partial charge >= 0.3 is 0 Å². The van der Waals surface area contributed by atoms with Gasteiger partial charge in [-0.1, -0.05) is 55.8 Å². The summed E-state index contributed by atoms with van der Waals surface area (Å²) < 4.78 is 0. The van der Waals surface area contributed by atoms with Crippen LogP contribution >= 0.6 is 0 Å². The maximum absolute atomic E-state index is 12.0. The highest BCUT2D eigenvalue weighted by Crippen LogP contribution is 2.30. The summed E-state index contributed by atoms with van der Waals surface area (Å²) in [5.74, 6) is -0.419. The summed E-state index contributed by atoms with van der Waals surface area (Å²) >= 11 is 0. The van der Waals surface area contributed by atoms with Crippen molar-refractivity contribution in [3.63, 3.8) is 0 Å². The molecule has 0 heterocycles. The Labute approximate surface area is 124 Å². The highest BCUT2D eigenvalue weighted by Gasteiger charge is 2.16. The number of aldehydes is 1. The molecule has 2 aromatic carbocycles. The Morgan fingerprint density at radius 3 is 2.19 bits per heavy atom. The van der Waals surface area contributed by atoms with Gasteiger partial charge < -0.3 is 5.73 Å². The second-order valence-corrected chi connectivity index (χ2v) is 4.92. The Morgan fingerprint density at radius 2 is 1.67 bits per heavy atom. The Balaban J connectivity index is 2.85. The predicted octanol–water partition coefficient (Wildman–Crippen LogP) is 3.71. The number of rotatable bonds is 5. The lowest BCUT2D eigenvalue weighted by Gasteiger charge is -2.14. The molecule has 2 aromatic rings. The summed E-state index contributed by atoms with van der Waals surface area (Å²) in [7, 11) is 0. The molecule has 0 radical (unpaired) electrons. The van der Waals surface area contributed by atoms with E-state index in [1.54, 1.807) is 6.07 Å². The number of hydrogen-bond acceptors (Lipinski definition) is 2. The van der Waals surface area contributed by atoms with Gasteiger partial charge in [-0.25, -0.2) is 0 Å². The van der Waals surface area contributed by atoms with Crippen LogP contribution in [0.2, 0.25) is 0 Å². The lowest BCUT2D eigenvalue weighted by atomic mass is 9.90. The maximum atomic E-state index is 12.0. The minimum absolute atomic E-state index is 0.419. The maximum Gasteiger partial charge on any atom is 0.249 e. The molecule has 2 rings (SSSR count). The van der Waals surface area contributed by atoms with Crippen LogP contribution in [-0.2, 0) is 4.79 Å². The predicted molar refractivity (Wildman–Crippen MR) is 86.0 cm³/mol. The van der Waals surface area contributed by atoms with Gasteiger partial charge in [0.2, 0.25) is 5.91 Å². The fraction of sp³-hybridized carbons (Fsp3) is 0.222. The topological polar surface area (TPSA) is 60.2 Å². The fourth-order valence-electron chi connectivity index (χ4n) is 2.74. The van der Waals surface area contributed by atoms with Crippen LogP contribution in [0.3, 0.4) is 0 Å². The van der Waals surface area contributed by atoms with Gasteiger partial charge in [0.15, 0.2) is 6.29 Å². The van der Waals surface area contributed by atoms with Gasteiger partial charge in [-0.05, 0) is 29.2 Å². The van der Waals surface area contributed by atoms with E-state index in [4.69, 9.17) is 5.73 Å². The summed E-state index contributed by atoms with van der Waals surface area (Å²) in [6, 6.07) is 11.2. The summed E-state index contributed by atoms with van der Waals surface area (Å²) in [6.45, 7) is 4.04. The number of fused-ring (bicyclic) bond motifs is 1. The molecule has 0 bridgehead atoms. The number of primary amides is 1. The van der Waals surface area contributed by atoms with Crippen molar-refractivity contribution in [3.05, 3.63) is 53.1 Å². The van der Waals surface area contributed by atoms with Crippen LogP contribution in [0.4, 0.5) is 0 Å². The highest BCUT2D eigenvalue weighted by atomic mass is 16.1. The molecule has 21 heavy (non-hydrogen) atoms. The summed E-state index contributed by atoms with van der Waals surface area (Å²) in [5, 5.41) is 1.73. The van der Waals surface area contributed by atoms with E-state index < -0.39 is 5.91 Å². The van der Waals surface area contributed by atoms with Gasteiger partial charge in [-0.2, -0.15) is 0 Å². The molecular weight excluding hydrogens is 262 g/mol. The van der Waals surface area contributed by atoms with Gasteiger partial charge in [-0.3, -0.25) is 9.59 Å². The van der Waals surface area contributed by atoms with Crippen LogP contribution in [-0.4, -0.2) is 12.2 Å². The zero-order valence-corrected chi connectivity index (χ0v) is 12.3. The molecule has 3 nitrogen and oxygen atoms in total. The van der Waals surface area contributed by atoms with Crippen molar-refractivity contribution in [1.82, 2.24) is 0 Å². The first kappa shape index (κ1) is 15.0. The molecule has 0 saturated heterocycles. The van der Waals surface area contributed by atoms with Crippen molar-refractivity contribution in [2.75, 3.05) is 0 Å². The second kappa shape index (κ2) is 6.35. The van der Waals surface area contributed by atoms with Crippen molar-refractivity contribution < 1.29 is 9.59 Å². The van der Waals surface area contributed by atoms with E-state index in [0.717, 1.165) is 41.0 Å². The third-order valence-electron chi connectivity index (χ3n) is 3.81. The van der Waals surface area contributed by atoms with Gasteiger partial charge in [0.05, 0.1) is 0 Å². The molecule has 3 heteroatoms. The van der Waals surface area contributed by atoms with Crippen LogP contribution in [0.5, 0.6) is 0 Å². The minimum Gasteiger partial charge on any atom is -0.366 e. The zero-order chi connectivity index (χ0) is 15.4. The lowest BCUT2D eigenvalue weighted by Crippen LogP contribution is -2.15. The van der Waals surface area contributed by atoms with Crippen LogP contribution < -0.4 is 5.73 Å². The first-order chi connectivity index (χ1) is 10.1. The molecule has 0 unspecified atom stereocenters. The molecule has 0 aromatic heterocycles. The van der Waals surface area contributed by atoms with E-state index in [9.17, 15) is 9.59 Å². The van der Waals surface area contributed by atoms with Gasteiger partial charge in [0.1, 0.15) is 0 Å². The molecule has 0 aliphatic carbocycles. The Morgan fingerprint density at radius 1 is 1.05 bits per heavy atom. The number of carbonyl (C=O) groups excluding carboxylic acids is 2. The van der Waals surface area contributed by atoms with Gasteiger partial charge in [0, 0.05) is 11.1 Å². The monoisotopic (exact) mass is 281 g/mol. The van der Waals surface area contributed by atoms with Crippen molar-refractivity contribution in [3.8, 4) is 0 Å². The molecule has 0 aliphatic heterocycles. The van der Waals surface area contributed by atoms with E-state index in [2.05, 4.69) is 0 Å². The first-order valence-corrected chi connectivity index (χ1v) is 7.13. The summed E-state index contributed by atoms with van der Waals surface area (Å²) in [4.78, 5) is 23.1. The molecule has 0 aliphatic rings. The van der Waals surface area contributed by atoms with E-state index >= 15 is 0 Å². The van der Waals surface area contributed by atoms with Crippen molar-refractivity contribution in [2.45, 2.75) is 26.7 Å². The number of benzene rings is 2. The third-order valence-corrected chi connectivity index (χ3v) is 3.81. The first-order valence-electron chi connectivity index (χ1n) is 7.13. The quantitative estimate of drug-likeness (QED) is 0.671. The number of hydrogen-bond donors (Lipinski definition) is 1.